The molecule has 0 spiro atoms. The van der Waals surface area contributed by atoms with E-state index in [1.807, 2.05) is 0 Å². The summed E-state index contributed by atoms with van der Waals surface area (Å²) in [5.41, 5.74) is -0.137. The highest BCUT2D eigenvalue weighted by Gasteiger charge is 2.50. The van der Waals surface area contributed by atoms with Gasteiger partial charge in [0.05, 0.1) is 5.41 Å². The molecule has 0 aromatic rings. The Bertz CT molecular complexity index is 254. The van der Waals surface area contributed by atoms with E-state index in [4.69, 9.17) is 11.2 Å². The van der Waals surface area contributed by atoms with Gasteiger partial charge in [0.25, 0.3) is 0 Å². The molecule has 2 rings (SSSR count). The summed E-state index contributed by atoms with van der Waals surface area (Å²) < 4.78 is 5.02. The van der Waals surface area contributed by atoms with E-state index in [-0.39, 0.29) is 18.0 Å². The second-order valence-corrected chi connectivity index (χ2v) is 4.21. The van der Waals surface area contributed by atoms with Crippen LogP contribution in [0.3, 0.4) is 0 Å². The first-order valence-electron chi connectivity index (χ1n) is 4.87. The molecule has 2 fully saturated rings. The van der Waals surface area contributed by atoms with Crippen LogP contribution in [0.2, 0.25) is 0 Å². The second kappa shape index (κ2) is 3.06. The lowest BCUT2D eigenvalue weighted by Crippen LogP contribution is -2.28. The van der Waals surface area contributed by atoms with Gasteiger partial charge in [-0.1, -0.05) is 5.92 Å². The minimum absolute atomic E-state index is 0.0505. The molecule has 0 radical (unpaired) electrons. The molecule has 0 heterocycles. The summed E-state index contributed by atoms with van der Waals surface area (Å²) in [6, 6.07) is 0. The lowest BCUT2D eigenvalue weighted by atomic mass is 9.84. The number of hydrogen-bond acceptors (Lipinski definition) is 2. The topological polar surface area (TPSA) is 26.3 Å². The van der Waals surface area contributed by atoms with E-state index < -0.39 is 0 Å². The molecule has 2 bridgehead atoms. The van der Waals surface area contributed by atoms with Crippen LogP contribution < -0.4 is 0 Å². The predicted molar refractivity (Wildman–Crippen MR) is 48.8 cm³/mol. The maximum Gasteiger partial charge on any atom is 0.313 e. The Kier molecular flexibility index (Phi) is 2.03. The third-order valence-electron chi connectivity index (χ3n) is 3.46. The number of esters is 1. The molecule has 0 N–H and O–H groups in total. The van der Waals surface area contributed by atoms with Gasteiger partial charge < -0.3 is 4.74 Å². The van der Waals surface area contributed by atoms with Gasteiger partial charge >= 0.3 is 5.97 Å². The van der Waals surface area contributed by atoms with E-state index in [0.29, 0.717) is 0 Å². The maximum atomic E-state index is 11.7. The number of hydrogen-bond donors (Lipinski definition) is 0. The van der Waals surface area contributed by atoms with Gasteiger partial charge in [-0.25, -0.2) is 0 Å². The summed E-state index contributed by atoms with van der Waals surface area (Å²) in [6.07, 6.45) is 10.5. The van der Waals surface area contributed by atoms with Gasteiger partial charge in [0.2, 0.25) is 0 Å². The predicted octanol–water partition coefficient (Wildman–Crippen LogP) is 1.74. The van der Waals surface area contributed by atoms with Crippen LogP contribution in [0, 0.1) is 23.7 Å². The number of rotatable bonds is 2. The summed E-state index contributed by atoms with van der Waals surface area (Å²) in [4.78, 5) is 11.7. The fourth-order valence-corrected chi connectivity index (χ4v) is 2.74. The van der Waals surface area contributed by atoms with Crippen molar-refractivity contribution in [1.29, 1.82) is 0 Å². The van der Waals surface area contributed by atoms with E-state index in [1.165, 1.54) is 12.8 Å². The summed E-state index contributed by atoms with van der Waals surface area (Å²) in [5.74, 6) is 3.06. The van der Waals surface area contributed by atoms with Gasteiger partial charge in [-0.3, -0.25) is 4.79 Å². The summed E-state index contributed by atoms with van der Waals surface area (Å²) in [6.45, 7) is 0.130. The van der Waals surface area contributed by atoms with Crippen LogP contribution in [0.1, 0.15) is 32.1 Å². The van der Waals surface area contributed by atoms with Crippen LogP contribution >= 0.6 is 0 Å². The number of carbonyl (C=O) groups is 1. The van der Waals surface area contributed by atoms with Crippen LogP contribution in [-0.4, -0.2) is 12.6 Å². The van der Waals surface area contributed by atoms with E-state index in [2.05, 4.69) is 5.92 Å². The molecule has 2 aliphatic rings. The molecule has 0 amide bonds. The molecule has 0 atom stereocenters. The van der Waals surface area contributed by atoms with E-state index in [1.54, 1.807) is 0 Å². The van der Waals surface area contributed by atoms with Gasteiger partial charge in [0, 0.05) is 0 Å². The molecule has 13 heavy (non-hydrogen) atoms. The zero-order chi connectivity index (χ0) is 9.31. The van der Waals surface area contributed by atoms with Crippen LogP contribution in [0.5, 0.6) is 0 Å². The van der Waals surface area contributed by atoms with Gasteiger partial charge in [-0.15, -0.1) is 6.42 Å². The number of carbonyl (C=O) groups excluding carboxylic acids is 1. The molecule has 0 saturated heterocycles. The molecule has 2 saturated carbocycles. The normalized spacial score (nSPS) is 35.8. The molecule has 70 valence electrons. The summed E-state index contributed by atoms with van der Waals surface area (Å²) >= 11 is 0. The highest BCUT2D eigenvalue weighted by molar-refractivity contribution is 5.78. The lowest BCUT2D eigenvalue weighted by Gasteiger charge is -2.23. The fraction of sp³-hybridized carbons (Fsp3) is 0.727. The van der Waals surface area contributed by atoms with Crippen molar-refractivity contribution in [1.82, 2.24) is 0 Å². The first-order valence-corrected chi connectivity index (χ1v) is 4.87. The summed E-state index contributed by atoms with van der Waals surface area (Å²) in [7, 11) is 0. The lowest BCUT2D eigenvalue weighted by molar-refractivity contribution is -0.153. The van der Waals surface area contributed by atoms with Gasteiger partial charge in [-0.05, 0) is 38.0 Å². The van der Waals surface area contributed by atoms with Crippen LogP contribution in [0.15, 0.2) is 0 Å². The molecule has 0 aromatic carbocycles. The first kappa shape index (κ1) is 8.62. The van der Waals surface area contributed by atoms with Crippen molar-refractivity contribution in [3.05, 3.63) is 0 Å². The SMILES string of the molecule is C#CCOC(=O)C12CCC(CC1)C2. The average Bonchev–Trinajstić information content (AvgIpc) is 2.74. The van der Waals surface area contributed by atoms with Crippen molar-refractivity contribution >= 4 is 5.97 Å². The van der Waals surface area contributed by atoms with Crippen molar-refractivity contribution in [2.45, 2.75) is 32.1 Å². The van der Waals surface area contributed by atoms with E-state index in [9.17, 15) is 4.79 Å². The minimum atomic E-state index is -0.137. The van der Waals surface area contributed by atoms with Crippen molar-refractivity contribution in [3.8, 4) is 12.3 Å². The monoisotopic (exact) mass is 178 g/mol. The Morgan fingerprint density at radius 2 is 2.23 bits per heavy atom. The molecule has 2 heteroatoms. The van der Waals surface area contributed by atoms with Crippen LogP contribution in [-0.2, 0) is 9.53 Å². The Morgan fingerprint density at radius 3 is 2.69 bits per heavy atom. The van der Waals surface area contributed by atoms with Crippen molar-refractivity contribution in [2.24, 2.45) is 11.3 Å². The third-order valence-corrected chi connectivity index (χ3v) is 3.46. The molecule has 2 nitrogen and oxygen atoms in total. The van der Waals surface area contributed by atoms with Crippen molar-refractivity contribution in [2.75, 3.05) is 6.61 Å². The molecule has 0 aliphatic heterocycles. The van der Waals surface area contributed by atoms with Gasteiger partial charge in [-0.2, -0.15) is 0 Å². The fourth-order valence-electron chi connectivity index (χ4n) is 2.74. The number of terminal acetylenes is 1. The van der Waals surface area contributed by atoms with Crippen LogP contribution in [0.4, 0.5) is 0 Å². The second-order valence-electron chi connectivity index (χ2n) is 4.21. The van der Waals surface area contributed by atoms with Gasteiger partial charge in [0.15, 0.2) is 6.61 Å². The Labute approximate surface area is 78.7 Å². The smallest absolute Gasteiger partial charge is 0.313 e. The Morgan fingerprint density at radius 1 is 1.54 bits per heavy atom. The standard InChI is InChI=1S/C11H14O2/c1-2-7-13-10(12)11-5-3-9(8-11)4-6-11/h1,9H,3-8H2. The highest BCUT2D eigenvalue weighted by Crippen LogP contribution is 2.54. The highest BCUT2D eigenvalue weighted by atomic mass is 16.5. The van der Waals surface area contributed by atoms with Gasteiger partial charge in [0.1, 0.15) is 0 Å². The molecule has 0 unspecified atom stereocenters. The molecular formula is C11H14O2. The van der Waals surface area contributed by atoms with E-state index >= 15 is 0 Å². The largest absolute Gasteiger partial charge is 0.452 e. The molecule has 2 aliphatic carbocycles. The zero-order valence-electron chi connectivity index (χ0n) is 7.71. The molecular weight excluding hydrogens is 164 g/mol. The minimum Gasteiger partial charge on any atom is -0.452 e. The van der Waals surface area contributed by atoms with Crippen molar-refractivity contribution < 1.29 is 9.53 Å². The van der Waals surface area contributed by atoms with E-state index in [0.717, 1.165) is 25.2 Å². The average molecular weight is 178 g/mol. The summed E-state index contributed by atoms with van der Waals surface area (Å²) in [5, 5.41) is 0. The van der Waals surface area contributed by atoms with Crippen molar-refractivity contribution in [3.63, 3.8) is 0 Å². The van der Waals surface area contributed by atoms with Crippen LogP contribution in [0.25, 0.3) is 0 Å². The number of ether oxygens (including phenoxy) is 1. The third kappa shape index (κ3) is 1.33. The molecule has 0 aromatic heterocycles. The Hall–Kier alpha value is -0.970. The first-order chi connectivity index (χ1) is 6.27. The maximum absolute atomic E-state index is 11.7. The quantitative estimate of drug-likeness (QED) is 0.475. The Balaban J connectivity index is 1.99. The number of fused-ring (bicyclic) bond motifs is 2. The zero-order valence-corrected chi connectivity index (χ0v) is 7.71.